The van der Waals surface area contributed by atoms with Crippen LogP contribution >= 0.6 is 0 Å². The molecule has 2 aliphatic carbocycles. The van der Waals surface area contributed by atoms with E-state index in [4.69, 9.17) is 0 Å². The second-order valence-corrected chi connectivity index (χ2v) is 14.8. The van der Waals surface area contributed by atoms with Crippen molar-refractivity contribution < 1.29 is 22.8 Å². The van der Waals surface area contributed by atoms with Crippen molar-refractivity contribution in [1.29, 1.82) is 0 Å². The van der Waals surface area contributed by atoms with Gasteiger partial charge in [0.15, 0.2) is 0 Å². The van der Waals surface area contributed by atoms with Crippen LogP contribution in [-0.2, 0) is 16.8 Å². The molecule has 1 N–H and O–H groups in total. The van der Waals surface area contributed by atoms with Gasteiger partial charge in [-0.25, -0.2) is 0 Å². The van der Waals surface area contributed by atoms with Crippen molar-refractivity contribution in [3.63, 3.8) is 0 Å². The first kappa shape index (κ1) is 36.7. The minimum Gasteiger partial charge on any atom is -0.369 e. The molecule has 7 rings (SSSR count). The third kappa shape index (κ3) is 8.15. The number of halogens is 3. The fourth-order valence-electron chi connectivity index (χ4n) is 8.78. The van der Waals surface area contributed by atoms with Gasteiger partial charge in [0, 0.05) is 50.0 Å². The number of amides is 2. The number of nitrogens with one attached hydrogen (secondary N) is 1. The molecule has 2 amide bonds. The zero-order chi connectivity index (χ0) is 36.8. The van der Waals surface area contributed by atoms with Crippen LogP contribution in [0.3, 0.4) is 0 Å². The molecule has 53 heavy (non-hydrogen) atoms. The molecule has 0 radical (unpaired) electrons. The van der Waals surface area contributed by atoms with Crippen LogP contribution in [0.1, 0.15) is 78.4 Å². The van der Waals surface area contributed by atoms with Crippen molar-refractivity contribution in [3.05, 3.63) is 125 Å². The number of unbranched alkanes of at least 4 members (excludes halogenated alkanes) is 1. The highest BCUT2D eigenvalue weighted by Crippen LogP contribution is 2.51. The molecule has 1 aliphatic heterocycles. The lowest BCUT2D eigenvalue weighted by atomic mass is 9.73. The number of benzene rings is 4. The Kier molecular flexibility index (Phi) is 11.2. The number of rotatable bonds is 12. The van der Waals surface area contributed by atoms with Crippen molar-refractivity contribution >= 4 is 17.5 Å². The number of fused-ring (bicyclic) bond motifs is 3. The molecule has 0 atom stereocenters. The summed E-state index contributed by atoms with van der Waals surface area (Å²) in [7, 11) is 0. The van der Waals surface area contributed by atoms with E-state index in [1.807, 2.05) is 78.9 Å². The van der Waals surface area contributed by atoms with Crippen molar-refractivity contribution in [2.45, 2.75) is 75.5 Å². The normalized spacial score (nSPS) is 17.2. The Morgan fingerprint density at radius 1 is 0.755 bits per heavy atom. The van der Waals surface area contributed by atoms with E-state index in [9.17, 15) is 22.8 Å². The van der Waals surface area contributed by atoms with Crippen LogP contribution < -0.4 is 10.2 Å². The van der Waals surface area contributed by atoms with Gasteiger partial charge in [-0.3, -0.25) is 14.5 Å². The largest absolute Gasteiger partial charge is 0.405 e. The average molecular weight is 723 g/mol. The number of alkyl halides is 3. The van der Waals surface area contributed by atoms with Gasteiger partial charge in [-0.2, -0.15) is 13.2 Å². The summed E-state index contributed by atoms with van der Waals surface area (Å²) in [6.07, 6.45) is 3.09. The van der Waals surface area contributed by atoms with E-state index in [-0.39, 0.29) is 11.9 Å². The Morgan fingerprint density at radius 3 is 2.06 bits per heavy atom. The standard InChI is InChI=1S/C44H49F3N4O2/c45-44(46,47)32-48-42(53)43(39-22-9-7-20-37(39)38-21-8-10-23-40(38)43)24-11-12-25-49-26-28-50(29-27-49)36-19-13-16-34(30-36)41(52)51(35-17-5-2-6-18-35)31-33-14-3-1-4-15-33/h1,3-4,7-10,13-16,19-23,30,35H,2,5-6,11-12,17-18,24-29,31-32H2,(H,48,53). The molecule has 3 aliphatic rings. The van der Waals surface area contributed by atoms with E-state index < -0.39 is 24.0 Å². The van der Waals surface area contributed by atoms with Gasteiger partial charge in [0.1, 0.15) is 12.0 Å². The van der Waals surface area contributed by atoms with E-state index in [1.165, 1.54) is 6.42 Å². The summed E-state index contributed by atoms with van der Waals surface area (Å²) < 4.78 is 39.8. The van der Waals surface area contributed by atoms with Gasteiger partial charge in [0.2, 0.25) is 5.91 Å². The van der Waals surface area contributed by atoms with Gasteiger partial charge in [-0.15, -0.1) is 0 Å². The first-order chi connectivity index (χ1) is 25.7. The number of nitrogens with zero attached hydrogens (tertiary/aromatic N) is 3. The molecule has 0 spiro atoms. The summed E-state index contributed by atoms with van der Waals surface area (Å²) >= 11 is 0. The number of hydrogen-bond acceptors (Lipinski definition) is 4. The number of anilines is 1. The molecule has 1 saturated carbocycles. The Hall–Kier alpha value is -4.63. The summed E-state index contributed by atoms with van der Waals surface area (Å²) in [5, 5.41) is 2.24. The minimum absolute atomic E-state index is 0.0959. The van der Waals surface area contributed by atoms with E-state index >= 15 is 0 Å². The maximum atomic E-state index is 14.1. The molecule has 1 saturated heterocycles. The quantitative estimate of drug-likeness (QED) is 0.149. The van der Waals surface area contributed by atoms with Gasteiger partial charge < -0.3 is 15.1 Å². The summed E-state index contributed by atoms with van der Waals surface area (Å²) in [4.78, 5) is 34.8. The van der Waals surface area contributed by atoms with Crippen molar-refractivity contribution in [2.24, 2.45) is 0 Å². The SMILES string of the molecule is O=C(c1cccc(N2CCN(CCCCC3(C(=O)NCC(F)(F)F)c4ccccc4-c4ccccc43)CC2)c1)N(Cc1ccccc1)C1CCCCC1. The lowest BCUT2D eigenvalue weighted by Crippen LogP contribution is -2.47. The van der Waals surface area contributed by atoms with Gasteiger partial charge in [0.25, 0.3) is 5.91 Å². The van der Waals surface area contributed by atoms with E-state index in [1.54, 1.807) is 0 Å². The van der Waals surface area contributed by atoms with Crippen LogP contribution in [0.15, 0.2) is 103 Å². The molecule has 0 bridgehead atoms. The number of carbonyl (C=O) groups excluding carboxylic acids is 2. The van der Waals surface area contributed by atoms with Crippen LogP contribution in [0.4, 0.5) is 18.9 Å². The fourth-order valence-corrected chi connectivity index (χ4v) is 8.78. The number of carbonyl (C=O) groups is 2. The Morgan fingerprint density at radius 2 is 1.40 bits per heavy atom. The van der Waals surface area contributed by atoms with Crippen LogP contribution in [-0.4, -0.2) is 73.1 Å². The zero-order valence-corrected chi connectivity index (χ0v) is 30.3. The third-order valence-corrected chi connectivity index (χ3v) is 11.5. The van der Waals surface area contributed by atoms with Crippen LogP contribution in [0.2, 0.25) is 0 Å². The molecule has 0 unspecified atom stereocenters. The monoisotopic (exact) mass is 722 g/mol. The van der Waals surface area contributed by atoms with Gasteiger partial charge in [-0.1, -0.05) is 111 Å². The van der Waals surface area contributed by atoms with Gasteiger partial charge >= 0.3 is 6.18 Å². The lowest BCUT2D eigenvalue weighted by Gasteiger charge is -2.37. The first-order valence-corrected chi connectivity index (χ1v) is 19.2. The summed E-state index contributed by atoms with van der Waals surface area (Å²) in [5.74, 6) is -0.498. The summed E-state index contributed by atoms with van der Waals surface area (Å²) in [5.41, 5.74) is 5.13. The van der Waals surface area contributed by atoms with E-state index in [2.05, 4.69) is 44.3 Å². The van der Waals surface area contributed by atoms with Gasteiger partial charge in [0.05, 0.1) is 0 Å². The maximum absolute atomic E-state index is 14.1. The molecular weight excluding hydrogens is 674 g/mol. The minimum atomic E-state index is -4.49. The first-order valence-electron chi connectivity index (χ1n) is 19.2. The zero-order valence-electron chi connectivity index (χ0n) is 30.3. The highest BCUT2D eigenvalue weighted by atomic mass is 19.4. The smallest absolute Gasteiger partial charge is 0.369 e. The molecular formula is C44H49F3N4O2. The van der Waals surface area contributed by atoms with Crippen LogP contribution in [0.25, 0.3) is 11.1 Å². The second-order valence-electron chi connectivity index (χ2n) is 14.8. The summed E-state index contributed by atoms with van der Waals surface area (Å²) in [6.45, 7) is 3.49. The molecule has 2 fully saturated rings. The predicted octanol–water partition coefficient (Wildman–Crippen LogP) is 8.60. The molecule has 4 aromatic rings. The van der Waals surface area contributed by atoms with E-state index in [0.29, 0.717) is 19.4 Å². The Bertz CT molecular complexity index is 1820. The van der Waals surface area contributed by atoms with Crippen LogP contribution in [0.5, 0.6) is 0 Å². The second kappa shape index (κ2) is 16.2. The van der Waals surface area contributed by atoms with Crippen LogP contribution in [0, 0.1) is 0 Å². The van der Waals surface area contributed by atoms with Crippen molar-refractivity contribution in [1.82, 2.24) is 15.1 Å². The van der Waals surface area contributed by atoms with Gasteiger partial charge in [-0.05, 0) is 78.2 Å². The molecule has 1 heterocycles. The maximum Gasteiger partial charge on any atom is 0.405 e. The molecule has 0 aromatic heterocycles. The Balaban J connectivity index is 0.974. The van der Waals surface area contributed by atoms with Crippen molar-refractivity contribution in [3.8, 4) is 11.1 Å². The Labute approximate surface area is 311 Å². The van der Waals surface area contributed by atoms with Crippen molar-refractivity contribution in [2.75, 3.05) is 44.2 Å². The number of hydrogen-bond donors (Lipinski definition) is 1. The average Bonchev–Trinajstić information content (AvgIpc) is 3.48. The third-order valence-electron chi connectivity index (χ3n) is 11.5. The fraction of sp³-hybridized carbons (Fsp3) is 0.409. The molecule has 4 aromatic carbocycles. The highest BCUT2D eigenvalue weighted by Gasteiger charge is 2.49. The predicted molar refractivity (Wildman–Crippen MR) is 204 cm³/mol. The molecule has 278 valence electrons. The summed E-state index contributed by atoms with van der Waals surface area (Å²) in [6, 6.07) is 33.8. The van der Waals surface area contributed by atoms with E-state index in [0.717, 1.165) is 104 Å². The lowest BCUT2D eigenvalue weighted by molar-refractivity contribution is -0.141. The molecule has 6 nitrogen and oxygen atoms in total. The highest BCUT2D eigenvalue weighted by molar-refractivity contribution is 6.00. The topological polar surface area (TPSA) is 55.9 Å². The number of piperazine rings is 1. The molecule has 9 heteroatoms.